The van der Waals surface area contributed by atoms with E-state index in [1.165, 1.54) is 18.7 Å². The van der Waals surface area contributed by atoms with E-state index in [1.54, 1.807) is 6.92 Å². The van der Waals surface area contributed by atoms with Crippen LogP contribution in [0.4, 0.5) is 4.79 Å². The Kier molecular flexibility index (Phi) is 5.76. The van der Waals surface area contributed by atoms with E-state index in [4.69, 9.17) is 0 Å². The first-order valence-corrected chi connectivity index (χ1v) is 7.21. The maximum atomic E-state index is 12.4. The Morgan fingerprint density at radius 2 is 1.81 bits per heavy atom. The average Bonchev–Trinajstić information content (AvgIpc) is 2.45. The Labute approximate surface area is 126 Å². The van der Waals surface area contributed by atoms with Crippen LogP contribution in [0.3, 0.4) is 0 Å². The smallest absolute Gasteiger partial charge is 0.329 e. The summed E-state index contributed by atoms with van der Waals surface area (Å²) in [6.45, 7) is 7.14. The number of amides is 2. The number of hydrogen-bond acceptors (Lipinski definition) is 2. The predicted octanol–water partition coefficient (Wildman–Crippen LogP) is 3.03. The second-order valence-electron chi connectivity index (χ2n) is 5.43. The lowest BCUT2D eigenvalue weighted by atomic mass is 10.0. The summed E-state index contributed by atoms with van der Waals surface area (Å²) in [6.07, 6.45) is 0.737. The molecule has 5 heteroatoms. The maximum Gasteiger partial charge on any atom is 0.329 e. The molecular formula is C16H24N2O3. The number of carbonyl (C=O) groups excluding carboxylic acids is 1. The molecule has 116 valence electrons. The number of urea groups is 1. The SMILES string of the molecule is CCC(NC(=O)N(CC)C(C)(C)C(=O)O)c1ccccc1. The maximum absolute atomic E-state index is 12.4. The molecule has 0 heterocycles. The van der Waals surface area contributed by atoms with Gasteiger partial charge in [-0.3, -0.25) is 0 Å². The van der Waals surface area contributed by atoms with Gasteiger partial charge in [-0.1, -0.05) is 37.3 Å². The highest BCUT2D eigenvalue weighted by atomic mass is 16.4. The number of carbonyl (C=O) groups is 2. The third-order valence-electron chi connectivity index (χ3n) is 3.67. The molecule has 2 N–H and O–H groups in total. The summed E-state index contributed by atoms with van der Waals surface area (Å²) in [5.74, 6) is -1.02. The molecule has 1 aromatic carbocycles. The molecule has 0 fully saturated rings. The van der Waals surface area contributed by atoms with E-state index in [0.29, 0.717) is 6.54 Å². The molecule has 0 aliphatic rings. The molecule has 21 heavy (non-hydrogen) atoms. The number of benzene rings is 1. The van der Waals surface area contributed by atoms with Gasteiger partial charge in [0.15, 0.2) is 0 Å². The average molecular weight is 292 g/mol. The minimum atomic E-state index is -1.24. The van der Waals surface area contributed by atoms with Crippen molar-refractivity contribution in [1.82, 2.24) is 10.2 Å². The minimum Gasteiger partial charge on any atom is -0.480 e. The van der Waals surface area contributed by atoms with Gasteiger partial charge in [-0.05, 0) is 32.8 Å². The van der Waals surface area contributed by atoms with Crippen LogP contribution in [0.15, 0.2) is 30.3 Å². The lowest BCUT2D eigenvalue weighted by Gasteiger charge is -2.35. The van der Waals surface area contributed by atoms with Gasteiger partial charge in [0, 0.05) is 6.54 Å². The molecule has 1 unspecified atom stereocenters. The van der Waals surface area contributed by atoms with Gasteiger partial charge in [0.05, 0.1) is 6.04 Å². The van der Waals surface area contributed by atoms with Crippen molar-refractivity contribution in [2.24, 2.45) is 0 Å². The lowest BCUT2D eigenvalue weighted by molar-refractivity contribution is -0.147. The van der Waals surface area contributed by atoms with Crippen molar-refractivity contribution >= 4 is 12.0 Å². The first kappa shape index (κ1) is 17.0. The Morgan fingerprint density at radius 1 is 1.24 bits per heavy atom. The third-order valence-corrected chi connectivity index (χ3v) is 3.67. The van der Waals surface area contributed by atoms with Crippen molar-refractivity contribution in [2.45, 2.75) is 45.7 Å². The minimum absolute atomic E-state index is 0.127. The van der Waals surface area contributed by atoms with Crippen LogP contribution in [0, 0.1) is 0 Å². The molecule has 1 aromatic rings. The van der Waals surface area contributed by atoms with E-state index < -0.39 is 11.5 Å². The molecule has 1 rings (SSSR count). The predicted molar refractivity (Wildman–Crippen MR) is 82.1 cm³/mol. The Bertz CT molecular complexity index is 486. The highest BCUT2D eigenvalue weighted by Crippen LogP contribution is 2.19. The molecule has 0 aromatic heterocycles. The molecule has 5 nitrogen and oxygen atoms in total. The van der Waals surface area contributed by atoms with Crippen molar-refractivity contribution in [3.05, 3.63) is 35.9 Å². The number of likely N-dealkylation sites (N-methyl/N-ethyl adjacent to an activating group) is 1. The number of rotatable bonds is 6. The monoisotopic (exact) mass is 292 g/mol. The van der Waals surface area contributed by atoms with Crippen LogP contribution in [0.2, 0.25) is 0 Å². The Morgan fingerprint density at radius 3 is 2.24 bits per heavy atom. The zero-order chi connectivity index (χ0) is 16.0. The largest absolute Gasteiger partial charge is 0.480 e. The normalized spacial score (nSPS) is 12.6. The quantitative estimate of drug-likeness (QED) is 0.846. The van der Waals surface area contributed by atoms with Crippen LogP contribution >= 0.6 is 0 Å². The molecule has 1 atom stereocenters. The molecule has 0 saturated carbocycles. The fraction of sp³-hybridized carbons (Fsp3) is 0.500. The summed E-state index contributed by atoms with van der Waals surface area (Å²) in [5, 5.41) is 12.2. The summed E-state index contributed by atoms with van der Waals surface area (Å²) in [5.41, 5.74) is -0.231. The van der Waals surface area contributed by atoms with Crippen LogP contribution in [0.1, 0.15) is 45.7 Å². The zero-order valence-electron chi connectivity index (χ0n) is 13.1. The zero-order valence-corrected chi connectivity index (χ0v) is 13.1. The van der Waals surface area contributed by atoms with Crippen LogP contribution in [-0.2, 0) is 4.79 Å². The van der Waals surface area contributed by atoms with E-state index in [2.05, 4.69) is 5.32 Å². The second-order valence-corrected chi connectivity index (χ2v) is 5.43. The van der Waals surface area contributed by atoms with Crippen molar-refractivity contribution < 1.29 is 14.7 Å². The van der Waals surface area contributed by atoms with Gasteiger partial charge >= 0.3 is 12.0 Å². The third kappa shape index (κ3) is 3.97. The van der Waals surface area contributed by atoms with E-state index in [9.17, 15) is 14.7 Å². The van der Waals surface area contributed by atoms with Gasteiger partial charge < -0.3 is 15.3 Å². The highest BCUT2D eigenvalue weighted by molar-refractivity contribution is 5.85. The number of carboxylic acid groups (broad SMARTS) is 1. The Balaban J connectivity index is 2.89. The standard InChI is InChI=1S/C16H24N2O3/c1-5-13(12-10-8-7-9-11-12)17-15(21)18(6-2)16(3,4)14(19)20/h7-11,13H,5-6H2,1-4H3,(H,17,21)(H,19,20). The second kappa shape index (κ2) is 7.11. The molecule has 0 aliphatic carbocycles. The summed E-state index contributed by atoms with van der Waals surface area (Å²) < 4.78 is 0. The number of nitrogens with zero attached hydrogens (tertiary/aromatic N) is 1. The van der Waals surface area contributed by atoms with Crippen molar-refractivity contribution in [3.8, 4) is 0 Å². The summed E-state index contributed by atoms with van der Waals surface area (Å²) in [7, 11) is 0. The van der Waals surface area contributed by atoms with Crippen LogP contribution in [0.25, 0.3) is 0 Å². The van der Waals surface area contributed by atoms with Gasteiger partial charge in [0.25, 0.3) is 0 Å². The number of aliphatic carboxylic acids is 1. The highest BCUT2D eigenvalue weighted by Gasteiger charge is 2.37. The number of hydrogen-bond donors (Lipinski definition) is 2. The van der Waals surface area contributed by atoms with E-state index in [-0.39, 0.29) is 12.1 Å². The molecule has 0 saturated heterocycles. The first-order valence-electron chi connectivity index (χ1n) is 7.21. The van der Waals surface area contributed by atoms with E-state index in [1.807, 2.05) is 37.3 Å². The Hall–Kier alpha value is -2.04. The van der Waals surface area contributed by atoms with Crippen molar-refractivity contribution in [1.29, 1.82) is 0 Å². The van der Waals surface area contributed by atoms with E-state index in [0.717, 1.165) is 12.0 Å². The number of nitrogens with one attached hydrogen (secondary N) is 1. The van der Waals surface area contributed by atoms with E-state index >= 15 is 0 Å². The summed E-state index contributed by atoms with van der Waals surface area (Å²) >= 11 is 0. The molecule has 0 bridgehead atoms. The number of carboxylic acids is 1. The summed E-state index contributed by atoms with van der Waals surface area (Å²) in [6, 6.07) is 9.17. The van der Waals surface area contributed by atoms with Gasteiger partial charge in [-0.15, -0.1) is 0 Å². The summed E-state index contributed by atoms with van der Waals surface area (Å²) in [4.78, 5) is 25.1. The van der Waals surface area contributed by atoms with Gasteiger partial charge in [0.2, 0.25) is 0 Å². The topological polar surface area (TPSA) is 69.6 Å². The van der Waals surface area contributed by atoms with Crippen LogP contribution in [0.5, 0.6) is 0 Å². The van der Waals surface area contributed by atoms with Crippen LogP contribution < -0.4 is 5.32 Å². The van der Waals surface area contributed by atoms with Crippen molar-refractivity contribution in [3.63, 3.8) is 0 Å². The fourth-order valence-electron chi connectivity index (χ4n) is 2.24. The van der Waals surface area contributed by atoms with Crippen LogP contribution in [-0.4, -0.2) is 34.1 Å². The molecule has 2 amide bonds. The van der Waals surface area contributed by atoms with Gasteiger partial charge in [-0.2, -0.15) is 0 Å². The van der Waals surface area contributed by atoms with Gasteiger partial charge in [0.1, 0.15) is 5.54 Å². The first-order chi connectivity index (χ1) is 9.84. The molecule has 0 spiro atoms. The molecule has 0 aliphatic heterocycles. The lowest BCUT2D eigenvalue weighted by Crippen LogP contribution is -2.56. The van der Waals surface area contributed by atoms with Crippen molar-refractivity contribution in [2.75, 3.05) is 6.54 Å². The van der Waals surface area contributed by atoms with Gasteiger partial charge in [-0.25, -0.2) is 9.59 Å². The fourth-order valence-corrected chi connectivity index (χ4v) is 2.24. The molecule has 0 radical (unpaired) electrons. The molecular weight excluding hydrogens is 268 g/mol.